The molecule has 4 heteroatoms. The second-order valence-corrected chi connectivity index (χ2v) is 9.06. The summed E-state index contributed by atoms with van der Waals surface area (Å²) in [6, 6.07) is 19.3. The van der Waals surface area contributed by atoms with E-state index in [1.165, 1.54) is 56.9 Å². The molecule has 0 saturated heterocycles. The first-order chi connectivity index (χ1) is 17.2. The number of ether oxygens (including phenoxy) is 2. The number of aromatic nitrogens is 1. The Morgan fingerprint density at radius 3 is 2.03 bits per heavy atom. The van der Waals surface area contributed by atoms with E-state index < -0.39 is 0 Å². The summed E-state index contributed by atoms with van der Waals surface area (Å²) < 4.78 is 11.4. The largest absolute Gasteiger partial charge is 0.494 e. The summed E-state index contributed by atoms with van der Waals surface area (Å²) in [5.74, 6) is 0.945. The van der Waals surface area contributed by atoms with Crippen LogP contribution in [0.25, 0.3) is 11.3 Å². The number of benzene rings is 2. The molecule has 1 aromatic heterocycles. The van der Waals surface area contributed by atoms with Crippen LogP contribution in [0.15, 0.2) is 66.9 Å². The minimum absolute atomic E-state index is 0.367. The van der Waals surface area contributed by atoms with Crippen molar-refractivity contribution in [3.05, 3.63) is 78.0 Å². The number of rotatable bonds is 15. The number of esters is 1. The lowest BCUT2D eigenvalue weighted by Crippen LogP contribution is -2.08. The molecular weight excluding hydrogens is 434 g/mol. The van der Waals surface area contributed by atoms with Gasteiger partial charge in [0.15, 0.2) is 0 Å². The van der Waals surface area contributed by atoms with Crippen LogP contribution in [0.1, 0.15) is 87.6 Å². The van der Waals surface area contributed by atoms with Crippen molar-refractivity contribution in [1.82, 2.24) is 4.98 Å². The van der Waals surface area contributed by atoms with E-state index in [0.717, 1.165) is 36.5 Å². The maximum absolute atomic E-state index is 12.5. The molecule has 3 rings (SSSR count). The maximum atomic E-state index is 12.5. The van der Waals surface area contributed by atoms with E-state index in [1.54, 1.807) is 12.3 Å². The Bertz CT molecular complexity index is 995. The third kappa shape index (κ3) is 9.20. The normalized spacial score (nSPS) is 10.8. The molecule has 0 radical (unpaired) electrons. The highest BCUT2D eigenvalue weighted by atomic mass is 16.5. The Labute approximate surface area is 210 Å². The fraction of sp³-hybridized carbons (Fsp3) is 0.419. The lowest BCUT2D eigenvalue weighted by Gasteiger charge is -2.08. The van der Waals surface area contributed by atoms with Gasteiger partial charge in [0, 0.05) is 5.56 Å². The second-order valence-electron chi connectivity index (χ2n) is 9.06. The van der Waals surface area contributed by atoms with Crippen LogP contribution in [-0.4, -0.2) is 17.6 Å². The Kier molecular flexibility index (Phi) is 11.3. The molecule has 0 bridgehead atoms. The topological polar surface area (TPSA) is 48.4 Å². The predicted molar refractivity (Wildman–Crippen MR) is 143 cm³/mol. The van der Waals surface area contributed by atoms with E-state index in [0.29, 0.717) is 11.3 Å². The van der Waals surface area contributed by atoms with Gasteiger partial charge in [-0.25, -0.2) is 4.79 Å². The summed E-state index contributed by atoms with van der Waals surface area (Å²) in [6.45, 7) is 5.19. The van der Waals surface area contributed by atoms with Gasteiger partial charge >= 0.3 is 5.97 Å². The van der Waals surface area contributed by atoms with E-state index in [9.17, 15) is 4.79 Å². The first kappa shape index (κ1) is 26.5. The average molecular weight is 474 g/mol. The molecule has 2 aromatic carbocycles. The van der Waals surface area contributed by atoms with E-state index in [1.807, 2.05) is 54.6 Å². The van der Waals surface area contributed by atoms with Crippen LogP contribution in [0.2, 0.25) is 0 Å². The van der Waals surface area contributed by atoms with Crippen molar-refractivity contribution >= 4 is 5.97 Å². The van der Waals surface area contributed by atoms with E-state index in [4.69, 9.17) is 9.47 Å². The van der Waals surface area contributed by atoms with Crippen LogP contribution in [-0.2, 0) is 6.42 Å². The van der Waals surface area contributed by atoms with Crippen LogP contribution in [0.5, 0.6) is 11.5 Å². The summed E-state index contributed by atoms with van der Waals surface area (Å²) >= 11 is 0. The minimum atomic E-state index is -0.367. The zero-order valence-electron chi connectivity index (χ0n) is 21.3. The highest BCUT2D eigenvalue weighted by Gasteiger charge is 2.10. The van der Waals surface area contributed by atoms with Crippen molar-refractivity contribution in [2.75, 3.05) is 6.61 Å². The van der Waals surface area contributed by atoms with Gasteiger partial charge in [-0.2, -0.15) is 0 Å². The predicted octanol–water partition coefficient (Wildman–Crippen LogP) is 8.44. The first-order valence-electron chi connectivity index (χ1n) is 13.2. The van der Waals surface area contributed by atoms with Crippen molar-refractivity contribution in [1.29, 1.82) is 0 Å². The molecule has 0 aliphatic rings. The molecule has 35 heavy (non-hydrogen) atoms. The van der Waals surface area contributed by atoms with Crippen LogP contribution in [0.4, 0.5) is 0 Å². The van der Waals surface area contributed by atoms with Crippen LogP contribution in [0, 0.1) is 0 Å². The van der Waals surface area contributed by atoms with E-state index in [-0.39, 0.29) is 5.97 Å². The smallest absolute Gasteiger partial charge is 0.343 e. The van der Waals surface area contributed by atoms with Crippen molar-refractivity contribution in [3.8, 4) is 22.8 Å². The van der Waals surface area contributed by atoms with E-state index >= 15 is 0 Å². The molecule has 0 fully saturated rings. The molecule has 0 unspecified atom stereocenters. The van der Waals surface area contributed by atoms with Gasteiger partial charge in [0.2, 0.25) is 0 Å². The molecule has 3 aromatic rings. The molecule has 4 nitrogen and oxygen atoms in total. The number of carbonyl (C=O) groups is 1. The van der Waals surface area contributed by atoms with Crippen molar-refractivity contribution in [3.63, 3.8) is 0 Å². The molecule has 1 heterocycles. The fourth-order valence-corrected chi connectivity index (χ4v) is 3.96. The van der Waals surface area contributed by atoms with Gasteiger partial charge in [-0.05, 0) is 73.4 Å². The number of carbonyl (C=O) groups excluding carboxylic acids is 1. The highest BCUT2D eigenvalue weighted by Crippen LogP contribution is 2.23. The molecule has 0 saturated carbocycles. The zero-order chi connectivity index (χ0) is 24.7. The minimum Gasteiger partial charge on any atom is -0.494 e. The molecule has 0 atom stereocenters. The first-order valence-corrected chi connectivity index (χ1v) is 13.2. The van der Waals surface area contributed by atoms with Gasteiger partial charge in [-0.15, -0.1) is 0 Å². The summed E-state index contributed by atoms with van der Waals surface area (Å²) in [6.07, 6.45) is 13.7. The number of nitrogens with zero attached hydrogens (tertiary/aromatic N) is 1. The number of pyridine rings is 1. The SMILES string of the molecule is CCCCCCCOc1ccc(-c2ccc(OC(=O)c3ccc(CCCCCC)cc3)cn2)cc1. The second kappa shape index (κ2) is 15.0. The van der Waals surface area contributed by atoms with Gasteiger partial charge in [-0.1, -0.05) is 70.9 Å². The monoisotopic (exact) mass is 473 g/mol. The van der Waals surface area contributed by atoms with Crippen LogP contribution >= 0.6 is 0 Å². The van der Waals surface area contributed by atoms with Crippen molar-refractivity contribution in [2.45, 2.75) is 78.1 Å². The molecule has 0 aliphatic carbocycles. The quantitative estimate of drug-likeness (QED) is 0.164. The summed E-state index contributed by atoms with van der Waals surface area (Å²) in [4.78, 5) is 17.0. The summed E-state index contributed by atoms with van der Waals surface area (Å²) in [7, 11) is 0. The lowest BCUT2D eigenvalue weighted by atomic mass is 10.0. The van der Waals surface area contributed by atoms with Gasteiger partial charge in [-0.3, -0.25) is 4.98 Å². The highest BCUT2D eigenvalue weighted by molar-refractivity contribution is 5.91. The Balaban J connectivity index is 1.46. The zero-order valence-corrected chi connectivity index (χ0v) is 21.3. The van der Waals surface area contributed by atoms with Gasteiger partial charge in [0.1, 0.15) is 11.5 Å². The van der Waals surface area contributed by atoms with Crippen molar-refractivity contribution < 1.29 is 14.3 Å². The van der Waals surface area contributed by atoms with E-state index in [2.05, 4.69) is 18.8 Å². The third-order valence-corrected chi connectivity index (χ3v) is 6.12. The molecule has 0 amide bonds. The average Bonchev–Trinajstić information content (AvgIpc) is 2.90. The van der Waals surface area contributed by atoms with Gasteiger partial charge < -0.3 is 9.47 Å². The molecule has 0 spiro atoms. The number of hydrogen-bond donors (Lipinski definition) is 0. The fourth-order valence-electron chi connectivity index (χ4n) is 3.96. The van der Waals surface area contributed by atoms with Gasteiger partial charge in [0.05, 0.1) is 24.1 Å². The number of aryl methyl sites for hydroxylation is 1. The molecular formula is C31H39NO3. The standard InChI is InChI=1S/C31H39NO3/c1-3-5-7-9-11-23-34-28-19-17-26(18-20-28)30-22-21-29(24-32-30)35-31(33)27-15-13-25(14-16-27)12-10-8-6-4-2/h13-22,24H,3-12,23H2,1-2H3. The summed E-state index contributed by atoms with van der Waals surface area (Å²) in [5, 5.41) is 0. The molecule has 0 N–H and O–H groups in total. The molecule has 0 aliphatic heterocycles. The van der Waals surface area contributed by atoms with Crippen LogP contribution in [0.3, 0.4) is 0 Å². The number of unbranched alkanes of at least 4 members (excludes halogenated alkanes) is 7. The number of hydrogen-bond acceptors (Lipinski definition) is 4. The summed E-state index contributed by atoms with van der Waals surface area (Å²) in [5.41, 5.74) is 3.62. The Hall–Kier alpha value is -3.14. The Morgan fingerprint density at radius 2 is 1.37 bits per heavy atom. The van der Waals surface area contributed by atoms with Crippen molar-refractivity contribution in [2.24, 2.45) is 0 Å². The molecule has 186 valence electrons. The third-order valence-electron chi connectivity index (χ3n) is 6.12. The maximum Gasteiger partial charge on any atom is 0.343 e. The Morgan fingerprint density at radius 1 is 0.714 bits per heavy atom. The van der Waals surface area contributed by atoms with Gasteiger partial charge in [0.25, 0.3) is 0 Å². The lowest BCUT2D eigenvalue weighted by molar-refractivity contribution is 0.0734. The van der Waals surface area contributed by atoms with Crippen LogP contribution < -0.4 is 9.47 Å².